The van der Waals surface area contributed by atoms with Crippen molar-refractivity contribution in [2.45, 2.75) is 45.1 Å². The Morgan fingerprint density at radius 2 is 2.07 bits per heavy atom. The van der Waals surface area contributed by atoms with Gasteiger partial charge in [0.25, 0.3) is 0 Å². The lowest BCUT2D eigenvalue weighted by atomic mass is 9.90. The number of ether oxygens (including phenoxy) is 1. The number of carbonyl (C=O) groups is 1. The first kappa shape index (κ1) is 20.9. The van der Waals surface area contributed by atoms with E-state index >= 15 is 0 Å². The largest absolute Gasteiger partial charge is 0.381 e. The maximum absolute atomic E-state index is 12.7. The summed E-state index contributed by atoms with van der Waals surface area (Å²) in [6, 6.07) is 10.5. The van der Waals surface area contributed by atoms with Crippen molar-refractivity contribution in [2.24, 2.45) is 11.8 Å². The molecule has 0 radical (unpaired) electrons. The first-order valence-electron chi connectivity index (χ1n) is 11.2. The van der Waals surface area contributed by atoms with Crippen LogP contribution in [0.1, 0.15) is 38.3 Å². The number of nitrogens with one attached hydrogen (secondary N) is 2. The van der Waals surface area contributed by atoms with Crippen LogP contribution in [0.15, 0.2) is 36.5 Å². The Kier molecular flexibility index (Phi) is 7.07. The number of pyridine rings is 2. The zero-order chi connectivity index (χ0) is 20.8. The summed E-state index contributed by atoms with van der Waals surface area (Å²) < 4.78 is 5.43. The predicted molar refractivity (Wildman–Crippen MR) is 118 cm³/mol. The standard InChI is InChI=1S/C24H32N4O2/c1-17-5-6-20(16-26-17)23(29)14-21-13-19(7-10-25-21)22-3-2-4-24(28-22)27-15-18-8-11-30-12-9-18/h2-4,7,10,13,17-18,20,26H,5-6,8-9,11-12,14-16H2,1H3,(H,27,28)/t17-,20-/m1/s1. The molecule has 2 aromatic rings. The summed E-state index contributed by atoms with van der Waals surface area (Å²) in [6.45, 7) is 5.58. The van der Waals surface area contributed by atoms with Crippen molar-refractivity contribution in [1.82, 2.24) is 15.3 Å². The fourth-order valence-electron chi connectivity index (χ4n) is 4.22. The topological polar surface area (TPSA) is 76.1 Å². The summed E-state index contributed by atoms with van der Waals surface area (Å²) in [7, 11) is 0. The van der Waals surface area contributed by atoms with Crippen molar-refractivity contribution < 1.29 is 9.53 Å². The Labute approximate surface area is 178 Å². The number of anilines is 1. The highest BCUT2D eigenvalue weighted by molar-refractivity contribution is 5.83. The van der Waals surface area contributed by atoms with Crippen LogP contribution < -0.4 is 10.6 Å². The molecule has 0 amide bonds. The maximum Gasteiger partial charge on any atom is 0.143 e. The second-order valence-electron chi connectivity index (χ2n) is 8.61. The van der Waals surface area contributed by atoms with Gasteiger partial charge < -0.3 is 15.4 Å². The van der Waals surface area contributed by atoms with E-state index in [1.54, 1.807) is 6.20 Å². The van der Waals surface area contributed by atoms with E-state index < -0.39 is 0 Å². The van der Waals surface area contributed by atoms with Crippen LogP contribution in [0.4, 0.5) is 5.82 Å². The molecule has 2 N–H and O–H groups in total. The zero-order valence-electron chi connectivity index (χ0n) is 17.8. The molecule has 0 unspecified atom stereocenters. The SMILES string of the molecule is C[C@@H]1CC[C@@H](C(=O)Cc2cc(-c3cccc(NCC4CCOCC4)n3)ccn2)CN1. The summed E-state index contributed by atoms with van der Waals surface area (Å²) in [5.74, 6) is 1.90. The van der Waals surface area contributed by atoms with Crippen molar-refractivity contribution in [3.63, 3.8) is 0 Å². The molecular weight excluding hydrogens is 376 g/mol. The van der Waals surface area contributed by atoms with E-state index in [9.17, 15) is 4.79 Å². The quantitative estimate of drug-likeness (QED) is 0.731. The minimum absolute atomic E-state index is 0.0995. The lowest BCUT2D eigenvalue weighted by molar-refractivity contribution is -0.122. The molecule has 0 spiro atoms. The third kappa shape index (κ3) is 5.64. The minimum atomic E-state index is 0.0995. The molecule has 0 aromatic carbocycles. The second kappa shape index (κ2) is 10.1. The van der Waals surface area contributed by atoms with Crippen LogP contribution in [0.25, 0.3) is 11.3 Å². The molecule has 2 saturated heterocycles. The van der Waals surface area contributed by atoms with Crippen molar-refractivity contribution >= 4 is 11.6 Å². The summed E-state index contributed by atoms with van der Waals surface area (Å²) in [5.41, 5.74) is 2.72. The molecule has 2 atom stereocenters. The minimum Gasteiger partial charge on any atom is -0.381 e. The highest BCUT2D eigenvalue weighted by atomic mass is 16.5. The molecule has 0 aliphatic carbocycles. The molecule has 2 aliphatic heterocycles. The number of rotatable bonds is 7. The van der Waals surface area contributed by atoms with Gasteiger partial charge in [-0.2, -0.15) is 0 Å². The van der Waals surface area contributed by atoms with Crippen LogP contribution in [-0.4, -0.2) is 48.1 Å². The average molecular weight is 409 g/mol. The molecule has 2 fully saturated rings. The van der Waals surface area contributed by atoms with Gasteiger partial charge in [0.2, 0.25) is 0 Å². The van der Waals surface area contributed by atoms with Gasteiger partial charge in [0.1, 0.15) is 11.6 Å². The van der Waals surface area contributed by atoms with Gasteiger partial charge in [-0.3, -0.25) is 9.78 Å². The fourth-order valence-corrected chi connectivity index (χ4v) is 4.22. The number of nitrogens with zero attached hydrogens (tertiary/aromatic N) is 2. The van der Waals surface area contributed by atoms with Crippen LogP contribution in [-0.2, 0) is 16.0 Å². The Balaban J connectivity index is 1.38. The van der Waals surface area contributed by atoms with Crippen LogP contribution in [0.2, 0.25) is 0 Å². The Hall–Kier alpha value is -2.31. The molecule has 2 aliphatic rings. The zero-order valence-corrected chi connectivity index (χ0v) is 17.8. The van der Waals surface area contributed by atoms with Gasteiger partial charge in [0, 0.05) is 62.1 Å². The first-order valence-corrected chi connectivity index (χ1v) is 11.2. The fraction of sp³-hybridized carbons (Fsp3) is 0.542. The summed E-state index contributed by atoms with van der Waals surface area (Å²) in [6.07, 6.45) is 6.39. The van der Waals surface area contributed by atoms with E-state index in [-0.39, 0.29) is 11.7 Å². The second-order valence-corrected chi connectivity index (χ2v) is 8.61. The molecular formula is C24H32N4O2. The van der Waals surface area contributed by atoms with Crippen LogP contribution in [0, 0.1) is 11.8 Å². The van der Waals surface area contributed by atoms with Crippen LogP contribution in [0.3, 0.4) is 0 Å². The molecule has 4 heterocycles. The van der Waals surface area contributed by atoms with Crippen molar-refractivity contribution in [2.75, 3.05) is 31.6 Å². The van der Waals surface area contributed by atoms with Gasteiger partial charge >= 0.3 is 0 Å². The Morgan fingerprint density at radius 3 is 2.87 bits per heavy atom. The predicted octanol–water partition coefficient (Wildman–Crippen LogP) is 3.48. The molecule has 4 rings (SSSR count). The number of aromatic nitrogens is 2. The van der Waals surface area contributed by atoms with Crippen LogP contribution >= 0.6 is 0 Å². The van der Waals surface area contributed by atoms with E-state index in [1.807, 2.05) is 30.3 Å². The Morgan fingerprint density at radius 1 is 1.20 bits per heavy atom. The molecule has 6 heteroatoms. The van der Waals surface area contributed by atoms with E-state index in [0.717, 1.165) is 74.8 Å². The van der Waals surface area contributed by atoms with Gasteiger partial charge in [0.15, 0.2) is 0 Å². The van der Waals surface area contributed by atoms with Gasteiger partial charge in [0.05, 0.1) is 5.69 Å². The van der Waals surface area contributed by atoms with E-state index in [0.29, 0.717) is 18.4 Å². The third-order valence-corrected chi connectivity index (χ3v) is 6.25. The third-order valence-electron chi connectivity index (χ3n) is 6.25. The number of piperidine rings is 1. The van der Waals surface area contributed by atoms with Gasteiger partial charge in [-0.1, -0.05) is 6.07 Å². The smallest absolute Gasteiger partial charge is 0.143 e. The van der Waals surface area contributed by atoms with Crippen molar-refractivity contribution in [3.05, 3.63) is 42.2 Å². The summed E-state index contributed by atoms with van der Waals surface area (Å²) in [4.78, 5) is 21.9. The van der Waals surface area contributed by atoms with Crippen molar-refractivity contribution in [3.8, 4) is 11.3 Å². The lowest BCUT2D eigenvalue weighted by Crippen LogP contribution is -2.40. The number of ketones is 1. The molecule has 6 nitrogen and oxygen atoms in total. The Bertz CT molecular complexity index is 843. The summed E-state index contributed by atoms with van der Waals surface area (Å²) in [5, 5.41) is 6.89. The van der Waals surface area contributed by atoms with Crippen molar-refractivity contribution in [1.29, 1.82) is 0 Å². The number of hydrogen-bond donors (Lipinski definition) is 2. The molecule has 0 saturated carbocycles. The van der Waals surface area contributed by atoms with E-state index in [4.69, 9.17) is 9.72 Å². The number of Topliss-reactive ketones (excluding diaryl/α,β-unsaturated/α-hetero) is 1. The average Bonchev–Trinajstić information content (AvgIpc) is 2.79. The van der Waals surface area contributed by atoms with Gasteiger partial charge in [-0.15, -0.1) is 0 Å². The normalized spacial score (nSPS) is 22.6. The van der Waals surface area contributed by atoms with Gasteiger partial charge in [-0.25, -0.2) is 4.98 Å². The van der Waals surface area contributed by atoms with E-state index in [1.165, 1.54) is 0 Å². The molecule has 2 aromatic heterocycles. The molecule has 0 bridgehead atoms. The highest BCUT2D eigenvalue weighted by Crippen LogP contribution is 2.22. The number of hydrogen-bond acceptors (Lipinski definition) is 6. The number of carbonyl (C=O) groups excluding carboxylic acids is 1. The van der Waals surface area contributed by atoms with Gasteiger partial charge in [-0.05, 0) is 62.8 Å². The first-order chi connectivity index (χ1) is 14.7. The van der Waals surface area contributed by atoms with Crippen LogP contribution in [0.5, 0.6) is 0 Å². The highest BCUT2D eigenvalue weighted by Gasteiger charge is 2.24. The monoisotopic (exact) mass is 408 g/mol. The summed E-state index contributed by atoms with van der Waals surface area (Å²) >= 11 is 0. The van der Waals surface area contributed by atoms with E-state index in [2.05, 4.69) is 22.5 Å². The molecule has 160 valence electrons. The maximum atomic E-state index is 12.7. The lowest BCUT2D eigenvalue weighted by Gasteiger charge is -2.26. The molecule has 30 heavy (non-hydrogen) atoms.